The van der Waals surface area contributed by atoms with Gasteiger partial charge >= 0.3 is 0 Å². The summed E-state index contributed by atoms with van der Waals surface area (Å²) in [7, 11) is 0. The topological polar surface area (TPSA) is 56.5 Å². The first-order valence-corrected chi connectivity index (χ1v) is 10.5. The highest BCUT2D eigenvalue weighted by Crippen LogP contribution is 2.26. The second-order valence-corrected chi connectivity index (χ2v) is 8.16. The Kier molecular flexibility index (Phi) is 5.31. The van der Waals surface area contributed by atoms with Crippen molar-refractivity contribution in [1.29, 1.82) is 0 Å². The normalized spacial score (nSPS) is 11.0. The van der Waals surface area contributed by atoms with Crippen molar-refractivity contribution in [3.05, 3.63) is 81.3 Å². The number of thiazole rings is 1. The van der Waals surface area contributed by atoms with Gasteiger partial charge in [0.25, 0.3) is 0 Å². The van der Waals surface area contributed by atoms with E-state index in [-0.39, 0.29) is 0 Å². The van der Waals surface area contributed by atoms with Gasteiger partial charge in [0.1, 0.15) is 0 Å². The Hall–Kier alpha value is -2.51. The molecule has 0 aliphatic heterocycles. The summed E-state index contributed by atoms with van der Waals surface area (Å²) in [6.45, 7) is 4.19. The third-order valence-electron chi connectivity index (χ3n) is 4.39. The molecule has 27 heavy (non-hydrogen) atoms. The smallest absolute Gasteiger partial charge is 0.214 e. The van der Waals surface area contributed by atoms with Crippen LogP contribution in [0, 0.1) is 13.8 Å². The maximum atomic E-state index is 4.76. The molecule has 0 aliphatic rings. The van der Waals surface area contributed by atoms with Crippen LogP contribution >= 0.6 is 23.1 Å². The van der Waals surface area contributed by atoms with E-state index < -0.39 is 0 Å². The zero-order valence-electron chi connectivity index (χ0n) is 15.2. The highest BCUT2D eigenvalue weighted by molar-refractivity contribution is 7.98. The van der Waals surface area contributed by atoms with Crippen LogP contribution < -0.4 is 0 Å². The van der Waals surface area contributed by atoms with Crippen molar-refractivity contribution < 1.29 is 0 Å². The van der Waals surface area contributed by atoms with E-state index in [1.54, 1.807) is 23.1 Å². The summed E-state index contributed by atoms with van der Waals surface area (Å²) in [5.41, 5.74) is 5.77. The van der Waals surface area contributed by atoms with Gasteiger partial charge in [-0.15, -0.1) is 16.4 Å². The monoisotopic (exact) mass is 393 g/mol. The molecule has 4 rings (SSSR count). The van der Waals surface area contributed by atoms with E-state index in [4.69, 9.17) is 4.98 Å². The number of tetrazole rings is 1. The summed E-state index contributed by atoms with van der Waals surface area (Å²) >= 11 is 3.31. The third kappa shape index (κ3) is 4.09. The molecule has 0 radical (unpaired) electrons. The number of aromatic nitrogens is 5. The van der Waals surface area contributed by atoms with Crippen LogP contribution in [0.25, 0.3) is 5.69 Å². The number of hydrogen-bond donors (Lipinski definition) is 0. The minimum absolute atomic E-state index is 0.747. The Labute approximate surface area is 166 Å². The predicted octanol–water partition coefficient (Wildman–Crippen LogP) is 4.62. The zero-order valence-corrected chi connectivity index (χ0v) is 16.8. The van der Waals surface area contributed by atoms with Gasteiger partial charge in [-0.25, -0.2) is 4.98 Å². The van der Waals surface area contributed by atoms with Crippen LogP contribution in [0.1, 0.15) is 27.4 Å². The molecule has 0 saturated carbocycles. The van der Waals surface area contributed by atoms with Crippen molar-refractivity contribution in [2.75, 3.05) is 0 Å². The summed E-state index contributed by atoms with van der Waals surface area (Å²) in [4.78, 5) is 4.76. The van der Waals surface area contributed by atoms with Gasteiger partial charge in [0.15, 0.2) is 0 Å². The van der Waals surface area contributed by atoms with E-state index in [0.717, 1.165) is 33.7 Å². The Morgan fingerprint density at radius 1 is 1.04 bits per heavy atom. The van der Waals surface area contributed by atoms with Crippen molar-refractivity contribution in [2.24, 2.45) is 0 Å². The van der Waals surface area contributed by atoms with Gasteiger partial charge in [-0.3, -0.25) is 0 Å². The third-order valence-corrected chi connectivity index (χ3v) is 6.24. The van der Waals surface area contributed by atoms with Crippen LogP contribution in [0.15, 0.2) is 59.1 Å². The van der Waals surface area contributed by atoms with E-state index in [1.165, 1.54) is 16.7 Å². The number of thioether (sulfide) groups is 1. The Morgan fingerprint density at radius 2 is 1.89 bits per heavy atom. The van der Waals surface area contributed by atoms with E-state index in [9.17, 15) is 0 Å². The van der Waals surface area contributed by atoms with E-state index in [0.29, 0.717) is 0 Å². The fraction of sp³-hybridized carbons (Fsp3) is 0.200. The largest absolute Gasteiger partial charge is 0.245 e. The van der Waals surface area contributed by atoms with Gasteiger partial charge in [0.05, 0.1) is 16.4 Å². The maximum Gasteiger partial charge on any atom is 0.214 e. The van der Waals surface area contributed by atoms with Crippen molar-refractivity contribution in [3.8, 4) is 5.69 Å². The molecule has 0 saturated heterocycles. The molecule has 0 spiro atoms. The minimum atomic E-state index is 0.747. The van der Waals surface area contributed by atoms with Crippen LogP contribution in [-0.2, 0) is 12.2 Å². The molecule has 0 bridgehead atoms. The maximum absolute atomic E-state index is 4.76. The average Bonchev–Trinajstić information content (AvgIpc) is 3.32. The molecule has 4 aromatic rings. The standard InChI is InChI=1S/C20H19N5S2/c1-14-7-6-10-18(15(14)2)25-20(22-23-24-25)27-13-17-12-26-19(21-17)11-16-8-4-3-5-9-16/h3-10,12H,11,13H2,1-2H3. The Morgan fingerprint density at radius 3 is 2.74 bits per heavy atom. The van der Waals surface area contributed by atoms with Crippen LogP contribution in [-0.4, -0.2) is 25.2 Å². The first-order chi connectivity index (χ1) is 13.2. The second-order valence-electron chi connectivity index (χ2n) is 6.28. The van der Waals surface area contributed by atoms with Crippen LogP contribution in [0.3, 0.4) is 0 Å². The van der Waals surface area contributed by atoms with Crippen molar-refractivity contribution in [2.45, 2.75) is 31.2 Å². The van der Waals surface area contributed by atoms with Gasteiger partial charge < -0.3 is 0 Å². The molecule has 0 N–H and O–H groups in total. The fourth-order valence-corrected chi connectivity index (χ4v) is 4.50. The molecule has 2 heterocycles. The van der Waals surface area contributed by atoms with E-state index in [2.05, 4.69) is 65.1 Å². The van der Waals surface area contributed by atoms with E-state index >= 15 is 0 Å². The Bertz CT molecular complexity index is 1040. The first kappa shape index (κ1) is 17.9. The summed E-state index contributed by atoms with van der Waals surface area (Å²) < 4.78 is 1.81. The molecule has 5 nitrogen and oxygen atoms in total. The lowest BCUT2D eigenvalue weighted by Crippen LogP contribution is -2.02. The summed E-state index contributed by atoms with van der Waals surface area (Å²) in [5.74, 6) is 0.747. The first-order valence-electron chi connectivity index (χ1n) is 8.65. The van der Waals surface area contributed by atoms with Crippen LogP contribution in [0.2, 0.25) is 0 Å². The quantitative estimate of drug-likeness (QED) is 0.448. The average molecular weight is 394 g/mol. The molecular weight excluding hydrogens is 374 g/mol. The van der Waals surface area contributed by atoms with Gasteiger partial charge in [0, 0.05) is 17.6 Å². The highest BCUT2D eigenvalue weighted by atomic mass is 32.2. The lowest BCUT2D eigenvalue weighted by atomic mass is 10.1. The van der Waals surface area contributed by atoms with Gasteiger partial charge in [-0.05, 0) is 47.0 Å². The van der Waals surface area contributed by atoms with Gasteiger partial charge in [-0.2, -0.15) is 4.68 Å². The molecule has 0 unspecified atom stereocenters. The minimum Gasteiger partial charge on any atom is -0.245 e. The molecule has 7 heteroatoms. The number of nitrogens with zero attached hydrogens (tertiary/aromatic N) is 5. The Balaban J connectivity index is 1.46. The summed E-state index contributed by atoms with van der Waals surface area (Å²) in [5, 5.41) is 16.3. The second kappa shape index (κ2) is 8.02. The van der Waals surface area contributed by atoms with E-state index in [1.807, 2.05) is 22.9 Å². The van der Waals surface area contributed by atoms with Gasteiger partial charge in [0.2, 0.25) is 5.16 Å². The lowest BCUT2D eigenvalue weighted by molar-refractivity contribution is 0.751. The van der Waals surface area contributed by atoms with Crippen molar-refractivity contribution in [1.82, 2.24) is 25.2 Å². The number of aryl methyl sites for hydroxylation is 1. The molecule has 0 amide bonds. The SMILES string of the molecule is Cc1cccc(-n2nnnc2SCc2csc(Cc3ccccc3)n2)c1C. The van der Waals surface area contributed by atoms with Crippen LogP contribution in [0.4, 0.5) is 0 Å². The molecular formula is C20H19N5S2. The molecule has 136 valence electrons. The molecule has 0 atom stereocenters. The van der Waals surface area contributed by atoms with Crippen LogP contribution in [0.5, 0.6) is 0 Å². The lowest BCUT2D eigenvalue weighted by Gasteiger charge is -2.09. The number of benzene rings is 2. The fourth-order valence-electron chi connectivity index (χ4n) is 2.79. The molecule has 2 aromatic heterocycles. The zero-order chi connectivity index (χ0) is 18.6. The molecule has 2 aromatic carbocycles. The van der Waals surface area contributed by atoms with Gasteiger partial charge in [-0.1, -0.05) is 54.2 Å². The highest BCUT2D eigenvalue weighted by Gasteiger charge is 2.13. The van der Waals surface area contributed by atoms with Crippen molar-refractivity contribution in [3.63, 3.8) is 0 Å². The molecule has 0 aliphatic carbocycles. The number of rotatable bonds is 6. The summed E-state index contributed by atoms with van der Waals surface area (Å²) in [6, 6.07) is 16.6. The summed E-state index contributed by atoms with van der Waals surface area (Å²) in [6.07, 6.45) is 0.871. The molecule has 0 fully saturated rings. The van der Waals surface area contributed by atoms with Crippen molar-refractivity contribution >= 4 is 23.1 Å². The predicted molar refractivity (Wildman–Crippen MR) is 110 cm³/mol. The number of hydrogen-bond acceptors (Lipinski definition) is 6.